The number of aromatic carboxylic acids is 1. The van der Waals surface area contributed by atoms with Gasteiger partial charge in [-0.15, -0.1) is 11.3 Å². The highest BCUT2D eigenvalue weighted by Gasteiger charge is 2.31. The molecule has 0 atom stereocenters. The third-order valence-electron chi connectivity index (χ3n) is 2.44. The Kier molecular flexibility index (Phi) is 3.58. The molecule has 1 aromatic rings. The van der Waals surface area contributed by atoms with Crippen molar-refractivity contribution < 1.29 is 23.4 Å². The third kappa shape index (κ3) is 2.92. The summed E-state index contributed by atoms with van der Waals surface area (Å²) in [6.45, 7) is 0.577. The van der Waals surface area contributed by atoms with Gasteiger partial charge < -0.3 is 9.84 Å². The van der Waals surface area contributed by atoms with Crippen molar-refractivity contribution in [1.82, 2.24) is 4.90 Å². The molecule has 1 fully saturated rings. The molecule has 2 rings (SSSR count). The molecule has 17 heavy (non-hydrogen) atoms. The third-order valence-corrected chi connectivity index (χ3v) is 3.32. The number of carboxylic acids is 1. The molecule has 0 amide bonds. The fourth-order valence-electron chi connectivity index (χ4n) is 1.67. The van der Waals surface area contributed by atoms with Gasteiger partial charge >= 0.3 is 5.97 Å². The van der Waals surface area contributed by atoms with E-state index in [4.69, 9.17) is 9.84 Å². The van der Waals surface area contributed by atoms with Gasteiger partial charge in [0.15, 0.2) is 4.88 Å². The number of thiophene rings is 1. The molecule has 7 heteroatoms. The molecule has 0 saturated carbocycles. The quantitative estimate of drug-likeness (QED) is 0.879. The first-order valence-electron chi connectivity index (χ1n) is 5.04. The van der Waals surface area contributed by atoms with E-state index in [1.165, 1.54) is 0 Å². The number of hydrogen-bond donors (Lipinski definition) is 1. The molecule has 1 saturated heterocycles. The minimum Gasteiger partial charge on any atom is -0.486 e. The van der Waals surface area contributed by atoms with Crippen LogP contribution in [0, 0.1) is 0 Å². The van der Waals surface area contributed by atoms with Gasteiger partial charge in [0.1, 0.15) is 11.9 Å². The smallest absolute Gasteiger partial charge is 0.349 e. The van der Waals surface area contributed by atoms with Crippen molar-refractivity contribution in [3.8, 4) is 5.75 Å². The van der Waals surface area contributed by atoms with E-state index in [2.05, 4.69) is 0 Å². The molecule has 0 aliphatic carbocycles. The lowest BCUT2D eigenvalue weighted by Gasteiger charge is -2.38. The van der Waals surface area contributed by atoms with Gasteiger partial charge in [-0.3, -0.25) is 4.90 Å². The lowest BCUT2D eigenvalue weighted by molar-refractivity contribution is -0.0166. The highest BCUT2D eigenvalue weighted by molar-refractivity contribution is 7.12. The highest BCUT2D eigenvalue weighted by Crippen LogP contribution is 2.27. The summed E-state index contributed by atoms with van der Waals surface area (Å²) in [7, 11) is 0. The van der Waals surface area contributed by atoms with Crippen LogP contribution in [0.25, 0.3) is 0 Å². The molecule has 4 nitrogen and oxygen atoms in total. The molecular formula is C10H11F2NO3S. The van der Waals surface area contributed by atoms with Crippen molar-refractivity contribution in [2.45, 2.75) is 12.5 Å². The molecule has 1 aromatic heterocycles. The fourth-order valence-corrected chi connectivity index (χ4v) is 2.33. The van der Waals surface area contributed by atoms with E-state index in [9.17, 15) is 13.6 Å². The van der Waals surface area contributed by atoms with Crippen LogP contribution in [0.3, 0.4) is 0 Å². The van der Waals surface area contributed by atoms with Gasteiger partial charge in [-0.1, -0.05) is 0 Å². The summed E-state index contributed by atoms with van der Waals surface area (Å²) in [5.41, 5.74) is 0. The minimum absolute atomic E-state index is 0.150. The summed E-state index contributed by atoms with van der Waals surface area (Å²) < 4.78 is 29.5. The van der Waals surface area contributed by atoms with Crippen molar-refractivity contribution in [1.29, 1.82) is 0 Å². The van der Waals surface area contributed by atoms with Crippen LogP contribution in [-0.4, -0.2) is 48.1 Å². The Labute approximate surface area is 100 Å². The number of carbonyl (C=O) groups is 1. The Balaban J connectivity index is 1.83. The average Bonchev–Trinajstić information content (AvgIpc) is 2.61. The maximum absolute atomic E-state index is 12.0. The van der Waals surface area contributed by atoms with Crippen molar-refractivity contribution in [3.05, 3.63) is 16.3 Å². The highest BCUT2D eigenvalue weighted by atomic mass is 32.1. The van der Waals surface area contributed by atoms with E-state index in [0.29, 0.717) is 18.8 Å². The van der Waals surface area contributed by atoms with Gasteiger partial charge in [0, 0.05) is 13.1 Å². The molecule has 1 aliphatic heterocycles. The molecule has 0 bridgehead atoms. The van der Waals surface area contributed by atoms with Crippen LogP contribution in [0.4, 0.5) is 8.78 Å². The fraction of sp³-hybridized carbons (Fsp3) is 0.500. The number of nitrogens with zero attached hydrogens (tertiary/aromatic N) is 1. The topological polar surface area (TPSA) is 49.8 Å². The number of halogens is 2. The summed E-state index contributed by atoms with van der Waals surface area (Å²) in [6, 6.07) is 1.59. The van der Waals surface area contributed by atoms with Gasteiger partial charge in [-0.05, 0) is 11.4 Å². The van der Waals surface area contributed by atoms with E-state index in [0.717, 1.165) is 11.3 Å². The summed E-state index contributed by atoms with van der Waals surface area (Å²) in [4.78, 5) is 12.5. The molecule has 2 heterocycles. The molecule has 0 unspecified atom stereocenters. The Morgan fingerprint density at radius 3 is 2.94 bits per heavy atom. The van der Waals surface area contributed by atoms with Crippen LogP contribution in [-0.2, 0) is 0 Å². The monoisotopic (exact) mass is 263 g/mol. The zero-order valence-corrected chi connectivity index (χ0v) is 9.62. The number of rotatable bonds is 5. The van der Waals surface area contributed by atoms with Crippen LogP contribution in [0.2, 0.25) is 0 Å². The Morgan fingerprint density at radius 2 is 2.35 bits per heavy atom. The number of likely N-dealkylation sites (tertiary alicyclic amines) is 1. The average molecular weight is 263 g/mol. The van der Waals surface area contributed by atoms with Crippen LogP contribution in [0.1, 0.15) is 9.67 Å². The first-order valence-corrected chi connectivity index (χ1v) is 5.92. The molecule has 0 aromatic carbocycles. The number of alkyl halides is 2. The molecule has 0 radical (unpaired) electrons. The standard InChI is InChI=1S/C10H11F2NO3S/c11-8(12)5-13-3-6(4-13)16-7-1-2-17-9(7)10(14)15/h1-2,6,8H,3-5H2,(H,14,15). The van der Waals surface area contributed by atoms with Gasteiger partial charge in [0.2, 0.25) is 0 Å². The normalized spacial score (nSPS) is 17.1. The van der Waals surface area contributed by atoms with E-state index in [1.807, 2.05) is 0 Å². The van der Waals surface area contributed by atoms with Gasteiger partial charge in [0.05, 0.1) is 6.54 Å². The molecular weight excluding hydrogens is 252 g/mol. The van der Waals surface area contributed by atoms with Crippen molar-refractivity contribution in [3.63, 3.8) is 0 Å². The van der Waals surface area contributed by atoms with E-state index in [-0.39, 0.29) is 17.5 Å². The Bertz CT molecular complexity index is 404. The first kappa shape index (κ1) is 12.3. The van der Waals surface area contributed by atoms with Gasteiger partial charge in [0.25, 0.3) is 6.43 Å². The molecule has 0 spiro atoms. The van der Waals surface area contributed by atoms with Crippen LogP contribution < -0.4 is 4.74 Å². The minimum atomic E-state index is -2.34. The SMILES string of the molecule is O=C(O)c1sccc1OC1CN(CC(F)F)C1. The summed E-state index contributed by atoms with van der Waals surface area (Å²) in [6.07, 6.45) is -2.53. The zero-order valence-electron chi connectivity index (χ0n) is 8.81. The number of ether oxygens (including phenoxy) is 1. The predicted octanol–water partition coefficient (Wildman–Crippen LogP) is 1.77. The van der Waals surface area contributed by atoms with Crippen molar-refractivity contribution in [2.24, 2.45) is 0 Å². The van der Waals surface area contributed by atoms with Crippen LogP contribution in [0.15, 0.2) is 11.4 Å². The lowest BCUT2D eigenvalue weighted by Crippen LogP contribution is -2.55. The van der Waals surface area contributed by atoms with Crippen molar-refractivity contribution >= 4 is 17.3 Å². The largest absolute Gasteiger partial charge is 0.486 e. The Morgan fingerprint density at radius 1 is 1.65 bits per heavy atom. The number of hydrogen-bond acceptors (Lipinski definition) is 4. The maximum Gasteiger partial charge on any atom is 0.349 e. The molecule has 1 N–H and O–H groups in total. The maximum atomic E-state index is 12.0. The second-order valence-electron chi connectivity index (χ2n) is 3.77. The second kappa shape index (κ2) is 4.97. The van der Waals surface area contributed by atoms with Gasteiger partial charge in [-0.25, -0.2) is 13.6 Å². The first-order chi connectivity index (χ1) is 8.06. The van der Waals surface area contributed by atoms with Crippen LogP contribution in [0.5, 0.6) is 5.75 Å². The number of carboxylic acid groups (broad SMARTS) is 1. The van der Waals surface area contributed by atoms with E-state index < -0.39 is 12.4 Å². The van der Waals surface area contributed by atoms with Crippen molar-refractivity contribution in [2.75, 3.05) is 19.6 Å². The predicted molar refractivity (Wildman–Crippen MR) is 58.1 cm³/mol. The summed E-state index contributed by atoms with van der Waals surface area (Å²) in [5, 5.41) is 10.5. The lowest BCUT2D eigenvalue weighted by atomic mass is 10.1. The Hall–Kier alpha value is -1.21. The van der Waals surface area contributed by atoms with E-state index >= 15 is 0 Å². The zero-order chi connectivity index (χ0) is 12.4. The van der Waals surface area contributed by atoms with Crippen LogP contribution >= 0.6 is 11.3 Å². The second-order valence-corrected chi connectivity index (χ2v) is 4.68. The molecule has 94 valence electrons. The van der Waals surface area contributed by atoms with E-state index in [1.54, 1.807) is 16.3 Å². The molecule has 1 aliphatic rings. The summed E-state index contributed by atoms with van der Waals surface area (Å²) >= 11 is 1.09. The summed E-state index contributed by atoms with van der Waals surface area (Å²) in [5.74, 6) is -0.706. The van der Waals surface area contributed by atoms with Gasteiger partial charge in [-0.2, -0.15) is 0 Å².